The first-order valence-electron chi connectivity index (χ1n) is 11.8. The lowest BCUT2D eigenvalue weighted by atomic mass is 10.1. The van der Waals surface area contributed by atoms with Gasteiger partial charge in [-0.15, -0.1) is 11.3 Å². The van der Waals surface area contributed by atoms with E-state index in [2.05, 4.69) is 48.7 Å². The second-order valence-corrected chi connectivity index (χ2v) is 9.60. The fourth-order valence-electron chi connectivity index (χ4n) is 4.43. The van der Waals surface area contributed by atoms with Crippen molar-refractivity contribution in [3.05, 3.63) is 102 Å². The van der Waals surface area contributed by atoms with Crippen LogP contribution in [0.5, 0.6) is 5.75 Å². The van der Waals surface area contributed by atoms with E-state index < -0.39 is 0 Å². The Morgan fingerprint density at radius 2 is 1.76 bits per heavy atom. The largest absolute Gasteiger partial charge is 0.487 e. The first-order valence-corrected chi connectivity index (χ1v) is 12.7. The number of hydrogen-bond donors (Lipinski definition) is 2. The molecule has 0 atom stereocenters. The second kappa shape index (κ2) is 9.00. The van der Waals surface area contributed by atoms with Crippen LogP contribution in [-0.4, -0.2) is 30.1 Å². The molecule has 0 unspecified atom stereocenters. The molecule has 0 saturated heterocycles. The molecule has 2 N–H and O–H groups in total. The van der Waals surface area contributed by atoms with Crippen molar-refractivity contribution in [2.75, 3.05) is 0 Å². The number of thiophene rings is 1. The highest BCUT2D eigenvalue weighted by Gasteiger charge is 2.16. The van der Waals surface area contributed by atoms with E-state index in [4.69, 9.17) is 9.72 Å². The standard InChI is InChI=1S/C29H20N6OS/c1-2-5-18(6-3-1)17-36-20-11-19(13-30-14-20)23-8-9-24-28(33-23)29(35-34-24)25-12-21-22(27-7-4-10-37-27)15-31-16-26(21)32-25/h1-16,32H,17H2,(H,34,35). The summed E-state index contributed by atoms with van der Waals surface area (Å²) in [6, 6.07) is 22.3. The zero-order chi connectivity index (χ0) is 24.6. The summed E-state index contributed by atoms with van der Waals surface area (Å²) in [6.45, 7) is 0.479. The molecule has 6 aromatic heterocycles. The van der Waals surface area contributed by atoms with Crippen LogP contribution < -0.4 is 4.74 Å². The van der Waals surface area contributed by atoms with Gasteiger partial charge < -0.3 is 9.72 Å². The number of fused-ring (bicyclic) bond motifs is 2. The van der Waals surface area contributed by atoms with Gasteiger partial charge in [-0.3, -0.25) is 15.1 Å². The normalized spacial score (nSPS) is 11.4. The number of benzene rings is 1. The first-order chi connectivity index (χ1) is 18.3. The van der Waals surface area contributed by atoms with Crippen LogP contribution in [0.25, 0.3) is 55.0 Å². The van der Waals surface area contributed by atoms with Crippen LogP contribution >= 0.6 is 11.3 Å². The van der Waals surface area contributed by atoms with Crippen molar-refractivity contribution >= 4 is 33.3 Å². The van der Waals surface area contributed by atoms with Gasteiger partial charge in [0.1, 0.15) is 23.6 Å². The van der Waals surface area contributed by atoms with Gasteiger partial charge in [0, 0.05) is 33.8 Å². The highest BCUT2D eigenvalue weighted by Crippen LogP contribution is 2.35. The number of rotatable bonds is 6. The molecule has 1 aromatic carbocycles. The number of ether oxygens (including phenoxy) is 1. The van der Waals surface area contributed by atoms with E-state index in [0.29, 0.717) is 12.4 Å². The third kappa shape index (κ3) is 4.03. The molecule has 6 heterocycles. The third-order valence-electron chi connectivity index (χ3n) is 6.25. The molecule has 0 fully saturated rings. The Bertz CT molecular complexity index is 1840. The molecule has 0 radical (unpaired) electrons. The van der Waals surface area contributed by atoms with Gasteiger partial charge in [0.2, 0.25) is 0 Å². The van der Waals surface area contributed by atoms with Crippen LogP contribution in [0.2, 0.25) is 0 Å². The minimum atomic E-state index is 0.479. The summed E-state index contributed by atoms with van der Waals surface area (Å²) in [7, 11) is 0. The van der Waals surface area contributed by atoms with E-state index in [1.165, 1.54) is 4.88 Å². The smallest absolute Gasteiger partial charge is 0.138 e. The van der Waals surface area contributed by atoms with Crippen LogP contribution in [0.1, 0.15) is 5.56 Å². The lowest BCUT2D eigenvalue weighted by Gasteiger charge is -2.08. The average Bonchev–Trinajstić information content (AvgIpc) is 3.71. The fraction of sp³-hybridized carbons (Fsp3) is 0.0345. The Morgan fingerprint density at radius 3 is 2.65 bits per heavy atom. The summed E-state index contributed by atoms with van der Waals surface area (Å²) in [5.41, 5.74) is 8.12. The molecule has 7 aromatic rings. The summed E-state index contributed by atoms with van der Waals surface area (Å²) in [6.07, 6.45) is 7.27. The summed E-state index contributed by atoms with van der Waals surface area (Å²) in [5.74, 6) is 0.694. The zero-order valence-corrected chi connectivity index (χ0v) is 20.4. The zero-order valence-electron chi connectivity index (χ0n) is 19.6. The monoisotopic (exact) mass is 500 g/mol. The van der Waals surface area contributed by atoms with Gasteiger partial charge in [0.15, 0.2) is 0 Å². The Hall–Kier alpha value is -4.82. The van der Waals surface area contributed by atoms with E-state index in [-0.39, 0.29) is 0 Å². The average molecular weight is 501 g/mol. The van der Waals surface area contributed by atoms with Crippen LogP contribution in [0, 0.1) is 0 Å². The van der Waals surface area contributed by atoms with Gasteiger partial charge in [-0.2, -0.15) is 5.10 Å². The molecular formula is C29H20N6OS. The van der Waals surface area contributed by atoms with E-state index in [1.54, 1.807) is 23.7 Å². The van der Waals surface area contributed by atoms with Crippen molar-refractivity contribution in [1.29, 1.82) is 0 Å². The van der Waals surface area contributed by atoms with Gasteiger partial charge in [-0.25, -0.2) is 4.98 Å². The van der Waals surface area contributed by atoms with E-state index in [9.17, 15) is 0 Å². The van der Waals surface area contributed by atoms with Gasteiger partial charge in [-0.05, 0) is 41.3 Å². The molecule has 0 spiro atoms. The Labute approximate surface area is 215 Å². The van der Waals surface area contributed by atoms with Crippen molar-refractivity contribution in [2.45, 2.75) is 6.61 Å². The minimum Gasteiger partial charge on any atom is -0.487 e. The molecule has 37 heavy (non-hydrogen) atoms. The molecule has 8 heteroatoms. The van der Waals surface area contributed by atoms with Crippen molar-refractivity contribution in [3.8, 4) is 38.8 Å². The predicted octanol–water partition coefficient (Wildman–Crippen LogP) is 6.87. The molecule has 0 aliphatic rings. The van der Waals surface area contributed by atoms with Gasteiger partial charge in [0.05, 0.1) is 34.8 Å². The van der Waals surface area contributed by atoms with E-state index >= 15 is 0 Å². The molecule has 0 amide bonds. The molecule has 0 aliphatic heterocycles. The van der Waals surface area contributed by atoms with Crippen LogP contribution in [-0.2, 0) is 6.61 Å². The maximum Gasteiger partial charge on any atom is 0.138 e. The van der Waals surface area contributed by atoms with Crippen molar-refractivity contribution in [3.63, 3.8) is 0 Å². The topological polar surface area (TPSA) is 92.4 Å². The van der Waals surface area contributed by atoms with Gasteiger partial charge >= 0.3 is 0 Å². The number of H-pyrrole nitrogens is 2. The summed E-state index contributed by atoms with van der Waals surface area (Å²) in [5, 5.41) is 10.9. The molecule has 7 rings (SSSR count). The molecule has 178 valence electrons. The molecule has 0 bridgehead atoms. The number of hydrogen-bond acceptors (Lipinski definition) is 6. The highest BCUT2D eigenvalue weighted by molar-refractivity contribution is 7.13. The maximum absolute atomic E-state index is 5.98. The van der Waals surface area contributed by atoms with Crippen molar-refractivity contribution < 1.29 is 4.74 Å². The summed E-state index contributed by atoms with van der Waals surface area (Å²) < 4.78 is 5.98. The summed E-state index contributed by atoms with van der Waals surface area (Å²) >= 11 is 1.70. The lowest BCUT2D eigenvalue weighted by molar-refractivity contribution is 0.305. The van der Waals surface area contributed by atoms with E-state index in [1.807, 2.05) is 60.9 Å². The first kappa shape index (κ1) is 21.5. The Balaban J connectivity index is 1.24. The Morgan fingerprint density at radius 1 is 0.838 bits per heavy atom. The number of nitrogens with one attached hydrogen (secondary N) is 2. The maximum atomic E-state index is 5.98. The number of nitrogens with zero attached hydrogens (tertiary/aromatic N) is 4. The fourth-order valence-corrected chi connectivity index (χ4v) is 5.18. The molecule has 0 saturated carbocycles. The quantitative estimate of drug-likeness (QED) is 0.260. The number of aromatic amines is 2. The Kier molecular flexibility index (Phi) is 5.22. The second-order valence-electron chi connectivity index (χ2n) is 8.66. The van der Waals surface area contributed by atoms with E-state index in [0.717, 1.165) is 55.7 Å². The lowest BCUT2D eigenvalue weighted by Crippen LogP contribution is -1.96. The van der Waals surface area contributed by atoms with Crippen molar-refractivity contribution in [1.82, 2.24) is 30.1 Å². The molecule has 0 aliphatic carbocycles. The van der Waals surface area contributed by atoms with Gasteiger partial charge in [0.25, 0.3) is 0 Å². The number of aromatic nitrogens is 6. The van der Waals surface area contributed by atoms with Crippen LogP contribution in [0.3, 0.4) is 0 Å². The van der Waals surface area contributed by atoms with Crippen LogP contribution in [0.15, 0.2) is 96.9 Å². The highest BCUT2D eigenvalue weighted by atomic mass is 32.1. The molecule has 7 nitrogen and oxygen atoms in total. The third-order valence-corrected chi connectivity index (χ3v) is 7.16. The van der Waals surface area contributed by atoms with Gasteiger partial charge in [-0.1, -0.05) is 36.4 Å². The minimum absolute atomic E-state index is 0.479. The predicted molar refractivity (Wildman–Crippen MR) is 146 cm³/mol. The SMILES string of the molecule is c1ccc(COc2cncc(-c3ccc4[nH]nc(-c5cc6c(-c7cccs7)cncc6[nH]5)c4n3)c2)cc1. The number of pyridine rings is 3. The van der Waals surface area contributed by atoms with Crippen LogP contribution in [0.4, 0.5) is 0 Å². The van der Waals surface area contributed by atoms with Crippen molar-refractivity contribution in [2.24, 2.45) is 0 Å². The molecular weight excluding hydrogens is 480 g/mol. The summed E-state index contributed by atoms with van der Waals surface area (Å²) in [4.78, 5) is 18.4.